The van der Waals surface area contributed by atoms with Crippen molar-refractivity contribution in [2.45, 2.75) is 31.6 Å². The van der Waals surface area contributed by atoms with Crippen molar-refractivity contribution in [1.29, 1.82) is 0 Å². The van der Waals surface area contributed by atoms with Gasteiger partial charge in [0.2, 0.25) is 0 Å². The highest BCUT2D eigenvalue weighted by molar-refractivity contribution is 5.81. The van der Waals surface area contributed by atoms with Crippen LogP contribution < -0.4 is 9.47 Å². The molecular formula is C29H21F7O6. The second kappa shape index (κ2) is 12.8. The predicted molar refractivity (Wildman–Crippen MR) is 133 cm³/mol. The van der Waals surface area contributed by atoms with E-state index in [4.69, 9.17) is 9.47 Å². The minimum atomic E-state index is -5.29. The van der Waals surface area contributed by atoms with Gasteiger partial charge in [0.05, 0.1) is 11.1 Å². The van der Waals surface area contributed by atoms with E-state index in [9.17, 15) is 40.3 Å². The molecule has 0 spiro atoms. The molecule has 3 aromatic carbocycles. The normalized spacial score (nSPS) is 11.8. The molecule has 13 heteroatoms. The van der Waals surface area contributed by atoms with Crippen molar-refractivity contribution in [3.63, 3.8) is 0 Å². The number of rotatable bonds is 12. The maximum atomic E-state index is 14.8. The van der Waals surface area contributed by atoms with E-state index in [1.807, 2.05) is 0 Å². The van der Waals surface area contributed by atoms with E-state index >= 15 is 0 Å². The monoisotopic (exact) mass is 598 g/mol. The van der Waals surface area contributed by atoms with E-state index < -0.39 is 58.5 Å². The van der Waals surface area contributed by atoms with Crippen molar-refractivity contribution in [1.82, 2.24) is 0 Å². The summed E-state index contributed by atoms with van der Waals surface area (Å²) in [5.41, 5.74) is -2.73. The first-order valence-corrected chi connectivity index (χ1v) is 11.8. The summed E-state index contributed by atoms with van der Waals surface area (Å²) in [6.07, 6.45) is -11.9. The van der Waals surface area contributed by atoms with Crippen LogP contribution in [-0.4, -0.2) is 11.9 Å². The molecule has 0 saturated heterocycles. The molecule has 0 aliphatic heterocycles. The third-order valence-corrected chi connectivity index (χ3v) is 5.42. The van der Waals surface area contributed by atoms with Crippen LogP contribution in [0.4, 0.5) is 30.7 Å². The summed E-state index contributed by atoms with van der Waals surface area (Å²) in [6.45, 7) is 5.91. The summed E-state index contributed by atoms with van der Waals surface area (Å²) in [7, 11) is 0. The number of ether oxygens (including phenoxy) is 4. The number of benzene rings is 3. The first-order valence-electron chi connectivity index (χ1n) is 11.8. The van der Waals surface area contributed by atoms with Crippen molar-refractivity contribution >= 4 is 11.9 Å². The third-order valence-electron chi connectivity index (χ3n) is 5.42. The molecule has 222 valence electrons. The number of hydrogen-bond donors (Lipinski definition) is 0. The Morgan fingerprint density at radius 2 is 1.07 bits per heavy atom. The van der Waals surface area contributed by atoms with Crippen LogP contribution in [0.5, 0.6) is 11.5 Å². The summed E-state index contributed by atoms with van der Waals surface area (Å²) in [4.78, 5) is 22.2. The maximum absolute atomic E-state index is 14.8. The molecule has 0 amide bonds. The van der Waals surface area contributed by atoms with Gasteiger partial charge in [-0.2, -0.15) is 30.7 Å². The van der Waals surface area contributed by atoms with Gasteiger partial charge in [-0.1, -0.05) is 37.4 Å². The Hall–Kier alpha value is -4.81. The van der Waals surface area contributed by atoms with E-state index in [0.29, 0.717) is 23.3 Å². The Labute approximate surface area is 234 Å². The van der Waals surface area contributed by atoms with Crippen LogP contribution in [-0.2, 0) is 50.7 Å². The molecular weight excluding hydrogens is 577 g/mol. The molecule has 0 fully saturated rings. The molecule has 42 heavy (non-hydrogen) atoms. The topological polar surface area (TPSA) is 71.1 Å². The van der Waals surface area contributed by atoms with Crippen LogP contribution >= 0.6 is 0 Å². The summed E-state index contributed by atoms with van der Waals surface area (Å²) in [5, 5.41) is 0. The van der Waals surface area contributed by atoms with Gasteiger partial charge in [0.25, 0.3) is 0 Å². The quantitative estimate of drug-likeness (QED) is 0.123. The number of carbonyl (C=O) groups is 2. The average Bonchev–Trinajstić information content (AvgIpc) is 2.95. The highest BCUT2D eigenvalue weighted by Gasteiger charge is 2.42. The molecule has 6 nitrogen and oxygen atoms in total. The van der Waals surface area contributed by atoms with E-state index in [1.165, 1.54) is 12.1 Å². The van der Waals surface area contributed by atoms with Gasteiger partial charge in [-0.15, -0.1) is 0 Å². The van der Waals surface area contributed by atoms with Gasteiger partial charge < -0.3 is 18.9 Å². The highest BCUT2D eigenvalue weighted by atomic mass is 19.4. The number of halogens is 7. The van der Waals surface area contributed by atoms with Crippen molar-refractivity contribution in [3.05, 3.63) is 120 Å². The summed E-state index contributed by atoms with van der Waals surface area (Å²) >= 11 is 0. The number of alkyl halides is 7. The Morgan fingerprint density at radius 3 is 1.48 bits per heavy atom. The van der Waals surface area contributed by atoms with E-state index in [2.05, 4.69) is 22.6 Å². The largest absolute Gasteiger partial charge is 0.458 e. The molecule has 0 unspecified atom stereocenters. The Balaban J connectivity index is 1.78. The molecule has 0 atom stereocenters. The first-order chi connectivity index (χ1) is 19.6. The summed E-state index contributed by atoms with van der Waals surface area (Å²) in [6, 6.07) is 9.36. The van der Waals surface area contributed by atoms with Crippen LogP contribution in [0, 0.1) is 0 Å². The molecule has 0 heterocycles. The Kier molecular flexibility index (Phi) is 9.66. The summed E-state index contributed by atoms with van der Waals surface area (Å²) in [5.74, 6) is -3.81. The Bertz CT molecular complexity index is 1430. The zero-order valence-corrected chi connectivity index (χ0v) is 21.4. The molecule has 0 aliphatic rings. The molecule has 0 bridgehead atoms. The lowest BCUT2D eigenvalue weighted by atomic mass is 10.1. The summed E-state index contributed by atoms with van der Waals surface area (Å²) < 4.78 is 119. The standard InChI is InChI=1S/C29H21F7O6/c1-3-25(37)39-16-18-5-9-20(10-6-18)28(33,34)41-22-13-14-24(23(15-22)27(30,31)32)42-29(35,36)21-11-7-19(8-12-21)17-40-26(38)4-2/h3-15H,1-2,16-17H2. The zero-order valence-electron chi connectivity index (χ0n) is 21.4. The number of hydrogen-bond acceptors (Lipinski definition) is 6. The van der Waals surface area contributed by atoms with Crippen LogP contribution in [0.2, 0.25) is 0 Å². The molecule has 3 rings (SSSR count). The lowest BCUT2D eigenvalue weighted by Crippen LogP contribution is -2.24. The van der Waals surface area contributed by atoms with Crippen LogP contribution in [0.1, 0.15) is 27.8 Å². The maximum Gasteiger partial charge on any atom is 0.426 e. The molecule has 3 aromatic rings. The molecule has 0 N–H and O–H groups in total. The van der Waals surface area contributed by atoms with Gasteiger partial charge in [0.1, 0.15) is 30.3 Å². The van der Waals surface area contributed by atoms with Crippen molar-refractivity contribution in [3.8, 4) is 11.5 Å². The van der Waals surface area contributed by atoms with E-state index in [-0.39, 0.29) is 19.3 Å². The second-order valence-corrected chi connectivity index (χ2v) is 8.41. The minimum absolute atomic E-state index is 0.111. The van der Waals surface area contributed by atoms with E-state index in [0.717, 1.165) is 48.6 Å². The second-order valence-electron chi connectivity index (χ2n) is 8.41. The first kappa shape index (κ1) is 31.7. The molecule has 0 aliphatic carbocycles. The smallest absolute Gasteiger partial charge is 0.426 e. The van der Waals surface area contributed by atoms with Crippen molar-refractivity contribution < 1.29 is 59.3 Å². The average molecular weight is 598 g/mol. The molecule has 0 aromatic heterocycles. The van der Waals surface area contributed by atoms with Gasteiger partial charge in [0.15, 0.2) is 0 Å². The van der Waals surface area contributed by atoms with Crippen LogP contribution in [0.25, 0.3) is 0 Å². The SMILES string of the molecule is C=CC(=O)OCc1ccc(C(F)(F)Oc2ccc(OC(F)(F)c3ccc(COC(=O)C=C)cc3)c(C(F)(F)F)c2)cc1. The van der Waals surface area contributed by atoms with E-state index in [1.54, 1.807) is 0 Å². The molecule has 0 radical (unpaired) electrons. The van der Waals surface area contributed by atoms with Crippen LogP contribution in [0.3, 0.4) is 0 Å². The molecule has 0 saturated carbocycles. The minimum Gasteiger partial charge on any atom is -0.458 e. The fourth-order valence-corrected chi connectivity index (χ4v) is 3.30. The zero-order chi connectivity index (χ0) is 31.1. The fraction of sp³-hybridized carbons (Fsp3) is 0.172. The highest BCUT2D eigenvalue weighted by Crippen LogP contribution is 2.43. The van der Waals surface area contributed by atoms with Crippen molar-refractivity contribution in [2.24, 2.45) is 0 Å². The lowest BCUT2D eigenvalue weighted by molar-refractivity contribution is -0.193. The predicted octanol–water partition coefficient (Wildman–Crippen LogP) is 7.42. The van der Waals surface area contributed by atoms with Gasteiger partial charge in [-0.05, 0) is 53.6 Å². The van der Waals surface area contributed by atoms with Crippen molar-refractivity contribution in [2.75, 3.05) is 0 Å². The number of esters is 2. The number of carbonyl (C=O) groups excluding carboxylic acids is 2. The fourth-order valence-electron chi connectivity index (χ4n) is 3.30. The third kappa shape index (κ3) is 8.35. The van der Waals surface area contributed by atoms with Crippen LogP contribution in [0.15, 0.2) is 92.0 Å². The lowest BCUT2D eigenvalue weighted by Gasteiger charge is -2.23. The van der Waals surface area contributed by atoms with Gasteiger partial charge in [-0.3, -0.25) is 0 Å². The van der Waals surface area contributed by atoms with Gasteiger partial charge in [-0.25, -0.2) is 9.59 Å². The van der Waals surface area contributed by atoms with Gasteiger partial charge >= 0.3 is 30.3 Å². The van der Waals surface area contributed by atoms with Gasteiger partial charge in [0, 0.05) is 12.2 Å². The Morgan fingerprint density at radius 1 is 0.643 bits per heavy atom.